The van der Waals surface area contributed by atoms with E-state index < -0.39 is 23.2 Å². The van der Waals surface area contributed by atoms with Crippen molar-refractivity contribution in [3.05, 3.63) is 53.6 Å². The normalized spacial score (nSPS) is 20.2. The van der Waals surface area contributed by atoms with Crippen molar-refractivity contribution in [1.82, 2.24) is 40.1 Å². The van der Waals surface area contributed by atoms with Gasteiger partial charge >= 0.3 is 12.1 Å². The van der Waals surface area contributed by atoms with Gasteiger partial charge in [0.2, 0.25) is 0 Å². The molecule has 1 fully saturated rings. The number of aryl methyl sites for hydroxylation is 2. The summed E-state index contributed by atoms with van der Waals surface area (Å²) >= 11 is 0. The molecule has 4 aromatic rings. The summed E-state index contributed by atoms with van der Waals surface area (Å²) in [5.41, 5.74) is 7.86. The molecule has 0 saturated carbocycles. The van der Waals surface area contributed by atoms with Crippen molar-refractivity contribution >= 4 is 28.9 Å². The lowest BCUT2D eigenvalue weighted by Crippen LogP contribution is -2.59. The molecule has 6 rings (SSSR count). The van der Waals surface area contributed by atoms with E-state index in [1.807, 2.05) is 26.1 Å². The minimum atomic E-state index is -1.03. The molecular weight excluding hydrogens is 688 g/mol. The Kier molecular flexibility index (Phi) is 11.2. The molecular formula is C40H54N8O6. The van der Waals surface area contributed by atoms with Crippen molar-refractivity contribution in [2.24, 2.45) is 12.5 Å². The van der Waals surface area contributed by atoms with Crippen LogP contribution in [0, 0.1) is 5.41 Å². The first kappa shape index (κ1) is 38.9. The summed E-state index contributed by atoms with van der Waals surface area (Å²) in [4.78, 5) is 50.2. The van der Waals surface area contributed by atoms with Crippen LogP contribution in [0.5, 0.6) is 0 Å². The lowest BCUT2D eigenvalue weighted by atomic mass is 9.84. The number of hydrogen-bond donors (Lipinski definition) is 2. The predicted octanol–water partition coefficient (Wildman–Crippen LogP) is 5.67. The van der Waals surface area contributed by atoms with Crippen molar-refractivity contribution in [3.8, 4) is 22.6 Å². The Labute approximate surface area is 316 Å². The number of ether oxygens (including phenoxy) is 3. The largest absolute Gasteiger partial charge is 0.465 e. The fourth-order valence-electron chi connectivity index (χ4n) is 7.46. The number of benzene rings is 1. The van der Waals surface area contributed by atoms with E-state index in [0.717, 1.165) is 39.0 Å². The molecule has 0 unspecified atom stereocenters. The summed E-state index contributed by atoms with van der Waals surface area (Å²) in [6.07, 6.45) is 2.90. The smallest absolute Gasteiger partial charge is 0.408 e. The summed E-state index contributed by atoms with van der Waals surface area (Å²) in [6, 6.07) is 8.97. The first-order valence-corrected chi connectivity index (χ1v) is 18.8. The number of amides is 2. The molecule has 2 aliphatic rings. The molecule has 1 saturated heterocycles. The number of fused-ring (bicyclic) bond motifs is 6. The van der Waals surface area contributed by atoms with Crippen molar-refractivity contribution in [1.29, 1.82) is 0 Å². The average molecular weight is 743 g/mol. The van der Waals surface area contributed by atoms with Crippen molar-refractivity contribution < 1.29 is 28.6 Å². The van der Waals surface area contributed by atoms with E-state index >= 15 is 0 Å². The summed E-state index contributed by atoms with van der Waals surface area (Å²) in [5.74, 6) is 0.287. The highest BCUT2D eigenvalue weighted by atomic mass is 16.6. The Morgan fingerprint density at radius 1 is 1.19 bits per heavy atom. The van der Waals surface area contributed by atoms with Crippen LogP contribution in [-0.4, -0.2) is 85.2 Å². The predicted molar refractivity (Wildman–Crippen MR) is 204 cm³/mol. The highest BCUT2D eigenvalue weighted by Crippen LogP contribution is 2.41. The number of rotatable bonds is 5. The molecule has 5 heterocycles. The van der Waals surface area contributed by atoms with Crippen molar-refractivity contribution in [2.75, 3.05) is 20.3 Å². The van der Waals surface area contributed by atoms with Crippen molar-refractivity contribution in [3.63, 3.8) is 0 Å². The van der Waals surface area contributed by atoms with Crippen LogP contribution in [0.1, 0.15) is 90.9 Å². The van der Waals surface area contributed by atoms with Gasteiger partial charge in [0.25, 0.3) is 5.91 Å². The number of hydrazine groups is 1. The molecule has 54 heavy (non-hydrogen) atoms. The van der Waals surface area contributed by atoms with Gasteiger partial charge in [-0.05, 0) is 89.8 Å². The first-order valence-electron chi connectivity index (χ1n) is 18.8. The number of nitrogens with one attached hydrogen (secondary N) is 2. The quantitative estimate of drug-likeness (QED) is 0.245. The molecule has 6 bridgehead atoms. The van der Waals surface area contributed by atoms with E-state index in [2.05, 4.69) is 54.3 Å². The van der Waals surface area contributed by atoms with E-state index in [1.54, 1.807) is 38.8 Å². The lowest BCUT2D eigenvalue weighted by molar-refractivity contribution is -0.149. The number of carbonyl (C=O) groups excluding carboxylic acids is 3. The van der Waals surface area contributed by atoms with Crippen LogP contribution < -0.4 is 10.7 Å². The van der Waals surface area contributed by atoms with Crippen LogP contribution in [0.4, 0.5) is 4.79 Å². The number of aromatic nitrogens is 5. The second-order valence-corrected chi connectivity index (χ2v) is 16.2. The van der Waals surface area contributed by atoms with E-state index in [9.17, 15) is 14.4 Å². The molecule has 3 aromatic heterocycles. The minimum absolute atomic E-state index is 0.0241. The van der Waals surface area contributed by atoms with E-state index in [1.165, 1.54) is 5.01 Å². The fraction of sp³-hybridized carbons (Fsp3) is 0.550. The number of pyridine rings is 1. The van der Waals surface area contributed by atoms with E-state index in [0.29, 0.717) is 44.0 Å². The molecule has 2 amide bonds. The van der Waals surface area contributed by atoms with Gasteiger partial charge in [-0.25, -0.2) is 19.9 Å². The number of carbonyl (C=O) groups is 3. The van der Waals surface area contributed by atoms with Gasteiger partial charge in [0.1, 0.15) is 11.6 Å². The Balaban J connectivity index is 1.50. The van der Waals surface area contributed by atoms with Gasteiger partial charge in [-0.15, -0.1) is 0 Å². The van der Waals surface area contributed by atoms with Crippen LogP contribution in [-0.2, 0) is 50.2 Å². The Hall–Kier alpha value is -4.82. The molecule has 1 aromatic carbocycles. The molecule has 290 valence electrons. The van der Waals surface area contributed by atoms with Gasteiger partial charge in [0.15, 0.2) is 11.6 Å². The zero-order valence-corrected chi connectivity index (χ0v) is 33.0. The number of methoxy groups -OCH3 is 1. The summed E-state index contributed by atoms with van der Waals surface area (Å²) in [7, 11) is 3.51. The minimum Gasteiger partial charge on any atom is -0.465 e. The first-order chi connectivity index (χ1) is 25.6. The number of cyclic esters (lactones) is 1. The Bertz CT molecular complexity index is 2030. The van der Waals surface area contributed by atoms with Gasteiger partial charge in [0, 0.05) is 73.4 Å². The third kappa shape index (κ3) is 8.44. The molecule has 2 aliphatic heterocycles. The number of nitrogens with zero attached hydrogens (tertiary/aromatic N) is 6. The molecule has 0 radical (unpaired) electrons. The second kappa shape index (κ2) is 15.5. The zero-order chi connectivity index (χ0) is 38.9. The van der Waals surface area contributed by atoms with Gasteiger partial charge in [-0.3, -0.25) is 19.6 Å². The molecule has 14 nitrogen and oxygen atoms in total. The summed E-state index contributed by atoms with van der Waals surface area (Å²) < 4.78 is 21.3. The fourth-order valence-corrected chi connectivity index (χ4v) is 7.46. The maximum absolute atomic E-state index is 14.1. The maximum atomic E-state index is 14.1. The third-order valence-electron chi connectivity index (χ3n) is 9.99. The van der Waals surface area contributed by atoms with Gasteiger partial charge in [-0.1, -0.05) is 13.8 Å². The molecule has 2 N–H and O–H groups in total. The van der Waals surface area contributed by atoms with Gasteiger partial charge in [-0.2, -0.15) is 5.10 Å². The highest BCUT2D eigenvalue weighted by molar-refractivity contribution is 5.95. The molecule has 0 aliphatic carbocycles. The SMILES string of the molecule is CCn1c(-c2cccnc2[C@H](C)OC)c2c3cc(ccc31)-c1nc(nn1C)C[C@H](NC(=O)OC(C)(C)C)C(=O)N1CCC[C@@H](CC(=O)OCC(C)(C)C2)N1. The lowest BCUT2D eigenvalue weighted by Gasteiger charge is -2.36. The Morgan fingerprint density at radius 2 is 1.96 bits per heavy atom. The third-order valence-corrected chi connectivity index (χ3v) is 9.99. The number of hydrogen-bond acceptors (Lipinski definition) is 10. The Morgan fingerprint density at radius 3 is 2.69 bits per heavy atom. The van der Waals surface area contributed by atoms with Gasteiger partial charge in [0.05, 0.1) is 30.5 Å². The van der Waals surface area contributed by atoms with Crippen LogP contribution in [0.15, 0.2) is 36.5 Å². The van der Waals surface area contributed by atoms with Crippen molar-refractivity contribution in [2.45, 2.75) is 111 Å². The number of esters is 1. The highest BCUT2D eigenvalue weighted by Gasteiger charge is 2.35. The van der Waals surface area contributed by atoms with Crippen LogP contribution in [0.25, 0.3) is 33.5 Å². The monoisotopic (exact) mass is 742 g/mol. The standard InChI is InChI=1S/C40H54N8O6/c1-10-47-31-16-15-25-19-28(31)29(35(47)27-14-11-17-41-34(27)24(2)52-9)22-40(6,7)23-53-33(49)20-26-13-12-18-48(44-26)37(50)30(42-38(51)54-39(3,4)5)21-32-43-36(25)46(8)45-32/h11,14-17,19,24,26,30,44H,10,12-13,18,20-23H2,1-9H3,(H,42,51)/t24-,26-,30-/m0/s1. The molecule has 0 spiro atoms. The summed E-state index contributed by atoms with van der Waals surface area (Å²) in [6.45, 7) is 15.0. The van der Waals surface area contributed by atoms with Crippen LogP contribution in [0.3, 0.4) is 0 Å². The number of alkyl carbamates (subject to hydrolysis) is 1. The summed E-state index contributed by atoms with van der Waals surface area (Å²) in [5, 5.41) is 10.0. The molecule has 14 heteroatoms. The topological polar surface area (TPSA) is 155 Å². The van der Waals surface area contributed by atoms with E-state index in [-0.39, 0.29) is 43.5 Å². The second-order valence-electron chi connectivity index (χ2n) is 16.2. The average Bonchev–Trinajstić information content (AvgIpc) is 3.64. The van der Waals surface area contributed by atoms with E-state index in [4.69, 9.17) is 29.3 Å². The maximum Gasteiger partial charge on any atom is 0.408 e. The molecule has 3 atom stereocenters. The van der Waals surface area contributed by atoms with Gasteiger partial charge < -0.3 is 24.1 Å². The van der Waals surface area contributed by atoms with Crippen LogP contribution >= 0.6 is 0 Å². The zero-order valence-electron chi connectivity index (χ0n) is 33.0. The van der Waals surface area contributed by atoms with Crippen LogP contribution in [0.2, 0.25) is 0 Å².